The highest BCUT2D eigenvalue weighted by Gasteiger charge is 2.21. The number of unbranched alkanes of at least 4 members (excludes halogenated alkanes) is 1. The summed E-state index contributed by atoms with van der Waals surface area (Å²) in [4.78, 5) is 28.6. The summed E-state index contributed by atoms with van der Waals surface area (Å²) in [6.07, 6.45) is 2.47. The number of ether oxygens (including phenoxy) is 1. The minimum absolute atomic E-state index is 0.227. The minimum atomic E-state index is -0.750. The summed E-state index contributed by atoms with van der Waals surface area (Å²) in [6, 6.07) is 16.6. The molecule has 0 spiro atoms. The maximum atomic E-state index is 12.5. The van der Waals surface area contributed by atoms with Crippen LogP contribution in [0.2, 0.25) is 0 Å². The van der Waals surface area contributed by atoms with E-state index in [-0.39, 0.29) is 11.7 Å². The Hall–Kier alpha value is -3.27. The number of hydrogen-bond acceptors (Lipinski definition) is 7. The fraction of sp³-hybridized carbons (Fsp3) is 0.320. The average Bonchev–Trinajstić information content (AvgIpc) is 3.34. The van der Waals surface area contributed by atoms with Gasteiger partial charge in [-0.3, -0.25) is 9.59 Å². The molecule has 2 aromatic carbocycles. The number of primary amides is 1. The van der Waals surface area contributed by atoms with Gasteiger partial charge in [0.25, 0.3) is 5.91 Å². The first-order chi connectivity index (χ1) is 16.5. The van der Waals surface area contributed by atoms with Crippen molar-refractivity contribution in [2.75, 3.05) is 6.54 Å². The lowest BCUT2D eigenvalue weighted by Crippen LogP contribution is -2.44. The number of rotatable bonds is 13. The van der Waals surface area contributed by atoms with Gasteiger partial charge in [0, 0.05) is 5.38 Å². The molecule has 8 nitrogen and oxygen atoms in total. The zero-order chi connectivity index (χ0) is 24.3. The number of carbonyl (C=O) groups excluding carboxylic acids is 2. The zero-order valence-electron chi connectivity index (χ0n) is 19.0. The third kappa shape index (κ3) is 7.65. The lowest BCUT2D eigenvalue weighted by Gasteiger charge is -2.14. The first-order valence-corrected chi connectivity index (χ1v) is 12.1. The van der Waals surface area contributed by atoms with Gasteiger partial charge in [-0.25, -0.2) is 4.98 Å². The highest BCUT2D eigenvalue weighted by molar-refractivity contribution is 7.09. The molecule has 2 unspecified atom stereocenters. The number of hydrogen-bond donors (Lipinski definition) is 4. The van der Waals surface area contributed by atoms with E-state index >= 15 is 0 Å². The van der Waals surface area contributed by atoms with E-state index in [1.165, 1.54) is 11.3 Å². The van der Waals surface area contributed by atoms with Crippen LogP contribution in [-0.4, -0.2) is 29.4 Å². The summed E-state index contributed by atoms with van der Waals surface area (Å²) in [5, 5.41) is 4.95. The van der Waals surface area contributed by atoms with E-state index in [2.05, 4.69) is 10.3 Å². The number of amides is 2. The van der Waals surface area contributed by atoms with E-state index in [0.717, 1.165) is 23.3 Å². The van der Waals surface area contributed by atoms with Crippen LogP contribution in [0.4, 0.5) is 0 Å². The molecule has 2 amide bonds. The number of nitrogens with one attached hydrogen (secondary N) is 1. The SMILES string of the molecule is NCCCCC(NC(=O)c1csc(C(N)Cc2ccc(OCc3ccccc3)cc2)n1)C(N)=O. The Balaban J connectivity index is 1.52. The predicted octanol–water partition coefficient (Wildman–Crippen LogP) is 2.68. The molecule has 34 heavy (non-hydrogen) atoms. The summed E-state index contributed by atoms with van der Waals surface area (Å²) < 4.78 is 5.82. The smallest absolute Gasteiger partial charge is 0.271 e. The molecule has 0 saturated carbocycles. The van der Waals surface area contributed by atoms with Crippen LogP contribution in [0, 0.1) is 0 Å². The molecule has 0 aliphatic carbocycles. The van der Waals surface area contributed by atoms with Crippen molar-refractivity contribution in [1.29, 1.82) is 0 Å². The lowest BCUT2D eigenvalue weighted by molar-refractivity contribution is -0.120. The quantitative estimate of drug-likeness (QED) is 0.276. The highest BCUT2D eigenvalue weighted by atomic mass is 32.1. The minimum Gasteiger partial charge on any atom is -0.489 e. The van der Waals surface area contributed by atoms with Crippen LogP contribution in [-0.2, 0) is 17.8 Å². The van der Waals surface area contributed by atoms with E-state index < -0.39 is 17.9 Å². The fourth-order valence-corrected chi connectivity index (χ4v) is 4.18. The second-order valence-electron chi connectivity index (χ2n) is 8.01. The second-order valence-corrected chi connectivity index (χ2v) is 8.90. The molecule has 9 heteroatoms. The van der Waals surface area contributed by atoms with Gasteiger partial charge in [-0.15, -0.1) is 11.3 Å². The molecule has 0 fully saturated rings. The van der Waals surface area contributed by atoms with Crippen molar-refractivity contribution < 1.29 is 14.3 Å². The first-order valence-electron chi connectivity index (χ1n) is 11.2. The Morgan fingerprint density at radius 2 is 1.76 bits per heavy atom. The van der Waals surface area contributed by atoms with Crippen molar-refractivity contribution in [2.24, 2.45) is 17.2 Å². The number of thiazole rings is 1. The summed E-state index contributed by atoms with van der Waals surface area (Å²) in [5.41, 5.74) is 19.6. The monoisotopic (exact) mass is 481 g/mol. The van der Waals surface area contributed by atoms with Gasteiger partial charge in [0.1, 0.15) is 29.1 Å². The number of carbonyl (C=O) groups is 2. The second kappa shape index (κ2) is 12.8. The molecule has 0 radical (unpaired) electrons. The van der Waals surface area contributed by atoms with Gasteiger partial charge in [0.2, 0.25) is 5.91 Å². The van der Waals surface area contributed by atoms with Crippen molar-refractivity contribution in [3.05, 3.63) is 81.8 Å². The van der Waals surface area contributed by atoms with E-state index in [9.17, 15) is 9.59 Å². The Morgan fingerprint density at radius 1 is 1.03 bits per heavy atom. The van der Waals surface area contributed by atoms with Crippen molar-refractivity contribution >= 4 is 23.2 Å². The molecular formula is C25H31N5O3S. The molecule has 0 aliphatic heterocycles. The summed E-state index contributed by atoms with van der Waals surface area (Å²) >= 11 is 1.32. The van der Waals surface area contributed by atoms with Crippen LogP contribution in [0.3, 0.4) is 0 Å². The number of nitrogens with zero attached hydrogens (tertiary/aromatic N) is 1. The Kier molecular flexibility index (Phi) is 9.57. The van der Waals surface area contributed by atoms with Crippen LogP contribution < -0.4 is 27.3 Å². The topological polar surface area (TPSA) is 146 Å². The molecule has 0 bridgehead atoms. The van der Waals surface area contributed by atoms with E-state index in [0.29, 0.717) is 37.4 Å². The normalized spacial score (nSPS) is 12.6. The van der Waals surface area contributed by atoms with Crippen LogP contribution in [0.5, 0.6) is 5.75 Å². The van der Waals surface area contributed by atoms with Gasteiger partial charge in [0.15, 0.2) is 0 Å². The van der Waals surface area contributed by atoms with Gasteiger partial charge in [-0.1, -0.05) is 42.5 Å². The number of aromatic nitrogens is 1. The van der Waals surface area contributed by atoms with E-state index in [4.69, 9.17) is 21.9 Å². The van der Waals surface area contributed by atoms with Crippen LogP contribution in [0.15, 0.2) is 60.0 Å². The standard InChI is InChI=1S/C25H31N5O3S/c26-13-5-4-8-21(23(28)31)29-24(32)22-16-34-25(30-22)20(27)14-17-9-11-19(12-10-17)33-15-18-6-2-1-3-7-18/h1-3,6-7,9-12,16,20-21H,4-5,8,13-15,26-27H2,(H2,28,31)(H,29,32). The van der Waals surface area contributed by atoms with Gasteiger partial charge < -0.3 is 27.3 Å². The Labute approximate surface area is 203 Å². The maximum Gasteiger partial charge on any atom is 0.271 e. The summed E-state index contributed by atoms with van der Waals surface area (Å²) in [7, 11) is 0. The Bertz CT molecular complexity index is 1060. The van der Waals surface area contributed by atoms with Crippen molar-refractivity contribution in [3.8, 4) is 5.75 Å². The third-order valence-electron chi connectivity index (χ3n) is 5.29. The maximum absolute atomic E-state index is 12.5. The van der Waals surface area contributed by atoms with Gasteiger partial charge >= 0.3 is 0 Å². The van der Waals surface area contributed by atoms with Crippen molar-refractivity contribution in [3.63, 3.8) is 0 Å². The van der Waals surface area contributed by atoms with Gasteiger partial charge in [0.05, 0.1) is 6.04 Å². The van der Waals surface area contributed by atoms with Gasteiger partial charge in [-0.2, -0.15) is 0 Å². The molecule has 1 heterocycles. The molecule has 3 aromatic rings. The van der Waals surface area contributed by atoms with Crippen LogP contribution in [0.1, 0.15) is 51.9 Å². The molecule has 1 aromatic heterocycles. The average molecular weight is 482 g/mol. The molecule has 2 atom stereocenters. The highest BCUT2D eigenvalue weighted by Crippen LogP contribution is 2.22. The molecule has 0 aliphatic rings. The molecule has 3 rings (SSSR count). The molecule has 0 saturated heterocycles. The van der Waals surface area contributed by atoms with Crippen LogP contribution in [0.25, 0.3) is 0 Å². The number of benzene rings is 2. The van der Waals surface area contributed by atoms with Gasteiger partial charge in [-0.05, 0) is 55.5 Å². The lowest BCUT2D eigenvalue weighted by atomic mass is 10.1. The fourth-order valence-electron chi connectivity index (χ4n) is 3.38. The molecule has 180 valence electrons. The summed E-state index contributed by atoms with van der Waals surface area (Å²) in [6.45, 7) is 1.03. The van der Waals surface area contributed by atoms with E-state index in [1.807, 2.05) is 54.6 Å². The molecular weight excluding hydrogens is 450 g/mol. The van der Waals surface area contributed by atoms with Crippen molar-refractivity contribution in [1.82, 2.24) is 10.3 Å². The Morgan fingerprint density at radius 3 is 2.44 bits per heavy atom. The largest absolute Gasteiger partial charge is 0.489 e. The predicted molar refractivity (Wildman–Crippen MR) is 133 cm³/mol. The van der Waals surface area contributed by atoms with Crippen molar-refractivity contribution in [2.45, 2.75) is 44.4 Å². The third-order valence-corrected chi connectivity index (χ3v) is 6.27. The van der Waals surface area contributed by atoms with E-state index in [1.54, 1.807) is 5.38 Å². The number of nitrogens with two attached hydrogens (primary N) is 3. The molecule has 7 N–H and O–H groups in total. The summed E-state index contributed by atoms with van der Waals surface area (Å²) in [5.74, 6) is -0.232. The first kappa shape index (κ1) is 25.4. The van der Waals surface area contributed by atoms with Crippen LogP contribution >= 0.6 is 11.3 Å². The zero-order valence-corrected chi connectivity index (χ0v) is 19.8.